The van der Waals surface area contributed by atoms with Crippen LogP contribution < -0.4 is 14.9 Å². The van der Waals surface area contributed by atoms with E-state index in [1.165, 1.54) is 11.3 Å². The fourth-order valence-electron chi connectivity index (χ4n) is 3.67. The van der Waals surface area contributed by atoms with E-state index < -0.39 is 12.0 Å². The maximum atomic E-state index is 13.6. The van der Waals surface area contributed by atoms with Gasteiger partial charge in [0.05, 0.1) is 27.9 Å². The lowest BCUT2D eigenvalue weighted by Crippen LogP contribution is -2.40. The number of hydrogen-bond acceptors (Lipinski definition) is 6. The quantitative estimate of drug-likeness (QED) is 0.249. The molecule has 0 amide bonds. The van der Waals surface area contributed by atoms with E-state index in [9.17, 15) is 9.59 Å². The van der Waals surface area contributed by atoms with Crippen LogP contribution in [0, 0.1) is 3.57 Å². The van der Waals surface area contributed by atoms with Crippen LogP contribution in [0.4, 0.5) is 0 Å². The summed E-state index contributed by atoms with van der Waals surface area (Å²) in [7, 11) is 0. The largest absolute Gasteiger partial charge is 0.459 e. The third kappa shape index (κ3) is 5.02. The van der Waals surface area contributed by atoms with Crippen LogP contribution in [0.3, 0.4) is 0 Å². The van der Waals surface area contributed by atoms with Crippen molar-refractivity contribution < 1.29 is 9.53 Å². The van der Waals surface area contributed by atoms with Gasteiger partial charge in [0.25, 0.3) is 5.56 Å². The van der Waals surface area contributed by atoms with E-state index in [0.717, 1.165) is 19.6 Å². The number of carbonyl (C=O) groups is 1. The Labute approximate surface area is 214 Å². The maximum absolute atomic E-state index is 13.6. The first-order chi connectivity index (χ1) is 15.8. The predicted octanol–water partition coefficient (Wildman–Crippen LogP) is 4.51. The van der Waals surface area contributed by atoms with Crippen molar-refractivity contribution in [2.45, 2.75) is 37.8 Å². The molecule has 0 fully saturated rings. The second-order valence-electron chi connectivity index (χ2n) is 7.86. The van der Waals surface area contributed by atoms with Gasteiger partial charge in [-0.15, -0.1) is 11.8 Å². The van der Waals surface area contributed by atoms with Crippen molar-refractivity contribution in [2.75, 3.05) is 6.26 Å². The summed E-state index contributed by atoms with van der Waals surface area (Å²) in [5, 5.41) is 0. The Morgan fingerprint density at radius 3 is 2.45 bits per heavy atom. The van der Waals surface area contributed by atoms with E-state index in [0.29, 0.717) is 20.6 Å². The lowest BCUT2D eigenvalue weighted by Gasteiger charge is -2.25. The number of thioether (sulfide) groups is 1. The average molecular weight is 591 g/mol. The summed E-state index contributed by atoms with van der Waals surface area (Å²) < 4.78 is 8.87. The zero-order valence-electron chi connectivity index (χ0n) is 18.7. The Morgan fingerprint density at radius 1 is 1.18 bits per heavy atom. The Morgan fingerprint density at radius 2 is 1.85 bits per heavy atom. The number of hydrogen-bond donors (Lipinski definition) is 0. The molecule has 0 saturated heterocycles. The van der Waals surface area contributed by atoms with E-state index in [2.05, 4.69) is 27.6 Å². The van der Waals surface area contributed by atoms with Crippen LogP contribution in [0.5, 0.6) is 0 Å². The predicted molar refractivity (Wildman–Crippen MR) is 142 cm³/mol. The van der Waals surface area contributed by atoms with Gasteiger partial charge in [-0.1, -0.05) is 35.6 Å². The number of carbonyl (C=O) groups excluding carboxylic acids is 1. The first kappa shape index (κ1) is 24.0. The molecule has 1 aliphatic rings. The van der Waals surface area contributed by atoms with Crippen molar-refractivity contribution in [1.29, 1.82) is 0 Å². The van der Waals surface area contributed by atoms with Gasteiger partial charge in [0.2, 0.25) is 0 Å². The summed E-state index contributed by atoms with van der Waals surface area (Å²) in [5.41, 5.74) is 2.59. The molecule has 0 bridgehead atoms. The second kappa shape index (κ2) is 9.99. The zero-order valence-corrected chi connectivity index (χ0v) is 22.5. The minimum atomic E-state index is -0.595. The highest BCUT2D eigenvalue weighted by Crippen LogP contribution is 2.32. The Bertz CT molecular complexity index is 1400. The van der Waals surface area contributed by atoms with Crippen LogP contribution in [0.1, 0.15) is 37.9 Å². The normalized spacial score (nSPS) is 16.1. The fraction of sp³-hybridized carbons (Fsp3) is 0.240. The molecule has 2 aromatic carbocycles. The number of benzene rings is 2. The number of ether oxygens (including phenoxy) is 1. The van der Waals surface area contributed by atoms with Gasteiger partial charge in [-0.05, 0) is 91.1 Å². The topological polar surface area (TPSA) is 60.7 Å². The first-order valence-electron chi connectivity index (χ1n) is 10.4. The van der Waals surface area contributed by atoms with Crippen LogP contribution >= 0.6 is 45.7 Å². The Hall–Kier alpha value is -2.17. The van der Waals surface area contributed by atoms with Gasteiger partial charge in [0.1, 0.15) is 0 Å². The highest BCUT2D eigenvalue weighted by molar-refractivity contribution is 14.1. The number of fused-ring (bicyclic) bond motifs is 1. The molecular weight excluding hydrogens is 567 g/mol. The second-order valence-corrected chi connectivity index (χ2v) is 11.0. The van der Waals surface area contributed by atoms with Crippen molar-refractivity contribution in [2.24, 2.45) is 4.99 Å². The molecule has 0 unspecified atom stereocenters. The Balaban J connectivity index is 1.92. The summed E-state index contributed by atoms with van der Waals surface area (Å²) in [6, 6.07) is 15.3. The molecule has 1 aromatic heterocycles. The van der Waals surface area contributed by atoms with Gasteiger partial charge in [-0.3, -0.25) is 9.36 Å². The number of aromatic nitrogens is 1. The third-order valence-corrected chi connectivity index (χ3v) is 7.63. The lowest BCUT2D eigenvalue weighted by molar-refractivity contribution is -0.143. The molecule has 0 spiro atoms. The van der Waals surface area contributed by atoms with Gasteiger partial charge in [0, 0.05) is 8.47 Å². The number of rotatable bonds is 5. The smallest absolute Gasteiger partial charge is 0.338 e. The molecule has 4 rings (SSSR count). The number of allylic oxidation sites excluding steroid dienone is 1. The summed E-state index contributed by atoms with van der Waals surface area (Å²) in [6.45, 7) is 5.43. The van der Waals surface area contributed by atoms with Crippen molar-refractivity contribution in [3.63, 3.8) is 0 Å². The van der Waals surface area contributed by atoms with Crippen molar-refractivity contribution in [3.8, 4) is 0 Å². The third-order valence-electron chi connectivity index (χ3n) is 5.18. The van der Waals surface area contributed by atoms with E-state index in [1.54, 1.807) is 23.3 Å². The number of nitrogens with zero attached hydrogens (tertiary/aromatic N) is 2. The van der Waals surface area contributed by atoms with Crippen molar-refractivity contribution in [3.05, 3.63) is 94.2 Å². The Kier molecular flexibility index (Phi) is 7.25. The fourth-order valence-corrected chi connectivity index (χ4v) is 5.49. The summed E-state index contributed by atoms with van der Waals surface area (Å²) >= 11 is 5.23. The summed E-state index contributed by atoms with van der Waals surface area (Å²) in [4.78, 5) is 33.0. The van der Waals surface area contributed by atoms with Gasteiger partial charge in [0.15, 0.2) is 4.80 Å². The summed E-state index contributed by atoms with van der Waals surface area (Å²) in [6.07, 6.45) is 3.61. The van der Waals surface area contributed by atoms with E-state index in [4.69, 9.17) is 4.74 Å². The average Bonchev–Trinajstić information content (AvgIpc) is 3.08. The standard InChI is InChI=1S/C25H23IN2O3S2/c1-14(2)31-24(30)21-15(3)27-25-28(22(21)17-7-11-19(32-4)12-8-17)23(29)20(33-25)13-16-5-9-18(26)10-6-16/h5-14,22H,1-4H3/b20-13-/t22-/m1/s1. The molecule has 1 atom stereocenters. The highest BCUT2D eigenvalue weighted by Gasteiger charge is 2.33. The van der Waals surface area contributed by atoms with Gasteiger partial charge < -0.3 is 4.74 Å². The SMILES string of the molecule is CSc1ccc([C@@H]2C(C(=O)OC(C)C)=C(C)N=c3s/c(=C\c4ccc(I)cc4)c(=O)n32)cc1. The number of esters is 1. The molecule has 170 valence electrons. The molecule has 3 aromatic rings. The highest BCUT2D eigenvalue weighted by atomic mass is 127. The zero-order chi connectivity index (χ0) is 23.7. The lowest BCUT2D eigenvalue weighted by atomic mass is 9.96. The monoisotopic (exact) mass is 590 g/mol. The molecule has 0 N–H and O–H groups in total. The maximum Gasteiger partial charge on any atom is 0.338 e. The molecule has 2 heterocycles. The van der Waals surface area contributed by atoms with Crippen molar-refractivity contribution in [1.82, 2.24) is 4.57 Å². The van der Waals surface area contributed by atoms with E-state index in [1.807, 2.05) is 74.7 Å². The minimum absolute atomic E-state index is 0.168. The molecule has 1 aliphatic heterocycles. The van der Waals surface area contributed by atoms with Crippen LogP contribution in [0.2, 0.25) is 0 Å². The van der Waals surface area contributed by atoms with Crippen LogP contribution in [-0.4, -0.2) is 22.9 Å². The molecular formula is C25H23IN2O3S2. The molecule has 8 heteroatoms. The van der Waals surface area contributed by atoms with Gasteiger partial charge >= 0.3 is 5.97 Å². The molecule has 33 heavy (non-hydrogen) atoms. The van der Waals surface area contributed by atoms with E-state index >= 15 is 0 Å². The molecule has 0 aliphatic carbocycles. The van der Waals surface area contributed by atoms with Gasteiger partial charge in [-0.2, -0.15) is 0 Å². The van der Waals surface area contributed by atoms with Crippen LogP contribution in [-0.2, 0) is 9.53 Å². The van der Waals surface area contributed by atoms with Gasteiger partial charge in [-0.25, -0.2) is 9.79 Å². The molecule has 0 radical (unpaired) electrons. The van der Waals surface area contributed by atoms with E-state index in [-0.39, 0.29) is 11.7 Å². The molecule has 5 nitrogen and oxygen atoms in total. The van der Waals surface area contributed by atoms with Crippen LogP contribution in [0.15, 0.2) is 74.5 Å². The summed E-state index contributed by atoms with van der Waals surface area (Å²) in [5.74, 6) is -0.447. The molecule has 0 saturated carbocycles. The minimum Gasteiger partial charge on any atom is -0.459 e. The number of thiazole rings is 1. The number of halogens is 1. The first-order valence-corrected chi connectivity index (χ1v) is 13.5. The van der Waals surface area contributed by atoms with Crippen molar-refractivity contribution >= 4 is 57.7 Å². The van der Waals surface area contributed by atoms with Crippen LogP contribution in [0.25, 0.3) is 6.08 Å².